The average molecular weight is 294 g/mol. The zero-order valence-electron chi connectivity index (χ0n) is 10.5. The third kappa shape index (κ3) is 3.48. The van der Waals surface area contributed by atoms with E-state index >= 15 is 0 Å². The molecule has 0 radical (unpaired) electrons. The van der Waals surface area contributed by atoms with Crippen LogP contribution in [0.5, 0.6) is 5.75 Å². The van der Waals surface area contributed by atoms with E-state index < -0.39 is 17.4 Å². The number of benzene rings is 1. The Morgan fingerprint density at radius 2 is 1.95 bits per heavy atom. The van der Waals surface area contributed by atoms with Crippen LogP contribution in [0.1, 0.15) is 11.3 Å². The Morgan fingerprint density at radius 1 is 1.25 bits per heavy atom. The van der Waals surface area contributed by atoms with Crippen LogP contribution in [0.4, 0.5) is 8.78 Å². The highest BCUT2D eigenvalue weighted by Gasteiger charge is 2.13. The van der Waals surface area contributed by atoms with Crippen LogP contribution in [0.25, 0.3) is 0 Å². The van der Waals surface area contributed by atoms with Crippen LogP contribution in [-0.4, -0.2) is 16.6 Å². The standard InChI is InChI=1S/C14H12F2N2OS/c15-11-7-9(14(17)20)8-12(16)13(11)19-6-4-10-3-1-2-5-18-10/h1-3,5,7-8H,4,6H2,(H2,17,20). The number of hydrogen-bond donors (Lipinski definition) is 1. The summed E-state index contributed by atoms with van der Waals surface area (Å²) in [6.45, 7) is 0.122. The van der Waals surface area contributed by atoms with Gasteiger partial charge in [0.1, 0.15) is 4.99 Å². The van der Waals surface area contributed by atoms with Gasteiger partial charge in [0.25, 0.3) is 0 Å². The summed E-state index contributed by atoms with van der Waals surface area (Å²) in [5.74, 6) is -2.08. The molecule has 0 saturated heterocycles. The molecule has 0 aliphatic heterocycles. The molecule has 1 aromatic heterocycles. The first-order valence-electron chi connectivity index (χ1n) is 5.89. The largest absolute Gasteiger partial charge is 0.487 e. The maximum atomic E-state index is 13.7. The van der Waals surface area contributed by atoms with E-state index in [9.17, 15) is 8.78 Å². The van der Waals surface area contributed by atoms with Crippen LogP contribution >= 0.6 is 12.2 Å². The molecule has 1 aromatic carbocycles. The first-order valence-corrected chi connectivity index (χ1v) is 6.30. The highest BCUT2D eigenvalue weighted by molar-refractivity contribution is 7.80. The molecule has 0 spiro atoms. The fourth-order valence-corrected chi connectivity index (χ4v) is 1.76. The average Bonchev–Trinajstić information content (AvgIpc) is 2.42. The SMILES string of the molecule is NC(=S)c1cc(F)c(OCCc2ccccn2)c(F)c1. The van der Waals surface area contributed by atoms with E-state index in [1.807, 2.05) is 12.1 Å². The molecule has 0 aliphatic rings. The van der Waals surface area contributed by atoms with Gasteiger partial charge in [0.05, 0.1) is 6.61 Å². The Hall–Kier alpha value is -2.08. The number of rotatable bonds is 5. The maximum absolute atomic E-state index is 13.7. The molecule has 2 aromatic rings. The van der Waals surface area contributed by atoms with E-state index in [-0.39, 0.29) is 17.2 Å². The second-order valence-electron chi connectivity index (χ2n) is 4.05. The molecule has 0 atom stereocenters. The normalized spacial score (nSPS) is 10.3. The smallest absolute Gasteiger partial charge is 0.190 e. The van der Waals surface area contributed by atoms with Crippen LogP contribution in [0.15, 0.2) is 36.5 Å². The predicted octanol–water partition coefficient (Wildman–Crippen LogP) is 2.62. The summed E-state index contributed by atoms with van der Waals surface area (Å²) in [6, 6.07) is 7.55. The zero-order chi connectivity index (χ0) is 14.5. The Bertz CT molecular complexity index is 597. The number of pyridine rings is 1. The van der Waals surface area contributed by atoms with Gasteiger partial charge >= 0.3 is 0 Å². The minimum atomic E-state index is -0.825. The van der Waals surface area contributed by atoms with Crippen molar-refractivity contribution >= 4 is 17.2 Å². The number of ether oxygens (including phenoxy) is 1. The quantitative estimate of drug-likeness (QED) is 0.861. The van der Waals surface area contributed by atoms with Crippen molar-refractivity contribution < 1.29 is 13.5 Å². The predicted molar refractivity (Wildman–Crippen MR) is 75.7 cm³/mol. The summed E-state index contributed by atoms with van der Waals surface area (Å²) in [5.41, 5.74) is 6.24. The number of nitrogens with zero attached hydrogens (tertiary/aromatic N) is 1. The van der Waals surface area contributed by atoms with E-state index in [2.05, 4.69) is 17.2 Å². The lowest BCUT2D eigenvalue weighted by Gasteiger charge is -2.09. The van der Waals surface area contributed by atoms with Crippen LogP contribution in [0.3, 0.4) is 0 Å². The lowest BCUT2D eigenvalue weighted by Crippen LogP contribution is -2.12. The van der Waals surface area contributed by atoms with Gasteiger partial charge in [0, 0.05) is 23.9 Å². The van der Waals surface area contributed by atoms with Gasteiger partial charge in [-0.25, -0.2) is 8.78 Å². The second-order valence-corrected chi connectivity index (χ2v) is 4.49. The number of halogens is 2. The van der Waals surface area contributed by atoms with Crippen LogP contribution in [0.2, 0.25) is 0 Å². The summed E-state index contributed by atoms with van der Waals surface area (Å²) in [4.78, 5) is 4.02. The monoisotopic (exact) mass is 294 g/mol. The summed E-state index contributed by atoms with van der Waals surface area (Å²) in [7, 11) is 0. The van der Waals surface area contributed by atoms with Gasteiger partial charge in [0.2, 0.25) is 0 Å². The molecule has 3 nitrogen and oxygen atoms in total. The lowest BCUT2D eigenvalue weighted by atomic mass is 10.2. The van der Waals surface area contributed by atoms with Crippen LogP contribution in [0, 0.1) is 11.6 Å². The molecule has 6 heteroatoms. The molecule has 0 fully saturated rings. The van der Waals surface area contributed by atoms with Crippen molar-refractivity contribution in [1.29, 1.82) is 0 Å². The fourth-order valence-electron chi connectivity index (χ4n) is 1.64. The second kappa shape index (κ2) is 6.38. The number of aromatic nitrogens is 1. The van der Waals surface area contributed by atoms with E-state index in [4.69, 9.17) is 10.5 Å². The molecule has 0 aliphatic carbocycles. The first-order chi connectivity index (χ1) is 9.58. The van der Waals surface area contributed by atoms with Gasteiger partial charge in [-0.3, -0.25) is 4.98 Å². The van der Waals surface area contributed by atoms with Gasteiger partial charge in [0.15, 0.2) is 17.4 Å². The van der Waals surface area contributed by atoms with Crippen LogP contribution in [-0.2, 0) is 6.42 Å². The van der Waals surface area contributed by atoms with Crippen molar-refractivity contribution in [2.45, 2.75) is 6.42 Å². The van der Waals surface area contributed by atoms with Crippen molar-refractivity contribution in [3.05, 3.63) is 59.4 Å². The molecular formula is C14H12F2N2OS. The topological polar surface area (TPSA) is 48.1 Å². The molecular weight excluding hydrogens is 282 g/mol. The van der Waals surface area contributed by atoms with Gasteiger partial charge in [-0.05, 0) is 24.3 Å². The lowest BCUT2D eigenvalue weighted by molar-refractivity contribution is 0.287. The fraction of sp³-hybridized carbons (Fsp3) is 0.143. The molecule has 0 amide bonds. The van der Waals surface area contributed by atoms with Gasteiger partial charge in [-0.1, -0.05) is 18.3 Å². The molecule has 20 heavy (non-hydrogen) atoms. The summed E-state index contributed by atoms with van der Waals surface area (Å²) < 4.78 is 32.5. The molecule has 104 valence electrons. The van der Waals surface area contributed by atoms with Gasteiger partial charge < -0.3 is 10.5 Å². The number of nitrogens with two attached hydrogens (primary N) is 1. The third-order valence-electron chi connectivity index (χ3n) is 2.61. The summed E-state index contributed by atoms with van der Waals surface area (Å²) >= 11 is 4.67. The van der Waals surface area contributed by atoms with Crippen molar-refractivity contribution in [2.24, 2.45) is 5.73 Å². The molecule has 1 heterocycles. The first kappa shape index (κ1) is 14.3. The van der Waals surface area contributed by atoms with Gasteiger partial charge in [-0.2, -0.15) is 0 Å². The maximum Gasteiger partial charge on any atom is 0.190 e. The van der Waals surface area contributed by atoms with Crippen molar-refractivity contribution in [2.75, 3.05) is 6.61 Å². The molecule has 0 saturated carbocycles. The van der Waals surface area contributed by atoms with E-state index in [1.165, 1.54) is 0 Å². The number of thiocarbonyl (C=S) groups is 1. The molecule has 2 rings (SSSR count). The van der Waals surface area contributed by atoms with Crippen molar-refractivity contribution in [1.82, 2.24) is 4.98 Å². The number of hydrogen-bond acceptors (Lipinski definition) is 3. The highest BCUT2D eigenvalue weighted by atomic mass is 32.1. The minimum Gasteiger partial charge on any atom is -0.487 e. The Morgan fingerprint density at radius 3 is 2.50 bits per heavy atom. The Labute approximate surface area is 120 Å². The molecule has 2 N–H and O–H groups in total. The van der Waals surface area contributed by atoms with E-state index in [1.54, 1.807) is 12.3 Å². The summed E-state index contributed by atoms with van der Waals surface area (Å²) in [5, 5.41) is 0. The van der Waals surface area contributed by atoms with Crippen molar-refractivity contribution in [3.8, 4) is 5.75 Å². The Balaban J connectivity index is 2.05. The van der Waals surface area contributed by atoms with E-state index in [0.717, 1.165) is 17.8 Å². The molecule has 0 bridgehead atoms. The zero-order valence-corrected chi connectivity index (χ0v) is 11.3. The summed E-state index contributed by atoms with van der Waals surface area (Å²) in [6.07, 6.45) is 2.10. The van der Waals surface area contributed by atoms with Gasteiger partial charge in [-0.15, -0.1) is 0 Å². The van der Waals surface area contributed by atoms with E-state index in [0.29, 0.717) is 6.42 Å². The highest BCUT2D eigenvalue weighted by Crippen LogP contribution is 2.23. The molecule has 0 unspecified atom stereocenters. The third-order valence-corrected chi connectivity index (χ3v) is 2.85. The van der Waals surface area contributed by atoms with Crippen molar-refractivity contribution in [3.63, 3.8) is 0 Å². The minimum absolute atomic E-state index is 0.0668. The van der Waals surface area contributed by atoms with Crippen LogP contribution < -0.4 is 10.5 Å². The Kier molecular flexibility index (Phi) is 4.57.